The van der Waals surface area contributed by atoms with Crippen LogP contribution in [0.3, 0.4) is 0 Å². The molecule has 0 saturated carbocycles. The summed E-state index contributed by atoms with van der Waals surface area (Å²) < 4.78 is 0. The van der Waals surface area contributed by atoms with Crippen LogP contribution in [0, 0.1) is 0 Å². The SMILES string of the molecule is CCC(C)N=Nc1ccccc1NC. The summed E-state index contributed by atoms with van der Waals surface area (Å²) in [5.41, 5.74) is 1.91. The Kier molecular flexibility index (Phi) is 4.11. The number of azo groups is 1. The van der Waals surface area contributed by atoms with E-state index in [0.717, 1.165) is 17.8 Å². The summed E-state index contributed by atoms with van der Waals surface area (Å²) in [4.78, 5) is 0. The second-order valence-electron chi connectivity index (χ2n) is 3.24. The van der Waals surface area contributed by atoms with Gasteiger partial charge in [-0.05, 0) is 25.5 Å². The van der Waals surface area contributed by atoms with Crippen molar-refractivity contribution in [3.05, 3.63) is 24.3 Å². The summed E-state index contributed by atoms with van der Waals surface area (Å²) in [6, 6.07) is 8.18. The van der Waals surface area contributed by atoms with E-state index in [9.17, 15) is 0 Å². The number of nitrogens with one attached hydrogen (secondary N) is 1. The smallest absolute Gasteiger partial charge is 0.108 e. The lowest BCUT2D eigenvalue weighted by Crippen LogP contribution is -1.92. The molecule has 0 heterocycles. The topological polar surface area (TPSA) is 36.8 Å². The lowest BCUT2D eigenvalue weighted by Gasteiger charge is -2.03. The molecule has 1 rings (SSSR count). The molecule has 1 atom stereocenters. The van der Waals surface area contributed by atoms with Gasteiger partial charge in [-0.25, -0.2) is 0 Å². The van der Waals surface area contributed by atoms with Gasteiger partial charge in [0.2, 0.25) is 0 Å². The zero-order valence-corrected chi connectivity index (χ0v) is 8.99. The van der Waals surface area contributed by atoms with E-state index in [0.29, 0.717) is 6.04 Å². The van der Waals surface area contributed by atoms with Crippen LogP contribution in [0.25, 0.3) is 0 Å². The van der Waals surface area contributed by atoms with E-state index in [2.05, 4.69) is 29.4 Å². The van der Waals surface area contributed by atoms with E-state index in [1.54, 1.807) is 0 Å². The van der Waals surface area contributed by atoms with Gasteiger partial charge in [0.05, 0.1) is 11.7 Å². The third-order valence-electron chi connectivity index (χ3n) is 2.13. The highest BCUT2D eigenvalue weighted by atomic mass is 15.1. The van der Waals surface area contributed by atoms with Crippen LogP contribution in [0.4, 0.5) is 11.4 Å². The van der Waals surface area contributed by atoms with Crippen molar-refractivity contribution in [1.29, 1.82) is 0 Å². The molecule has 0 aliphatic carbocycles. The lowest BCUT2D eigenvalue weighted by molar-refractivity contribution is 0.680. The molecular weight excluding hydrogens is 174 g/mol. The predicted molar refractivity (Wildman–Crippen MR) is 60.3 cm³/mol. The first-order chi connectivity index (χ1) is 6.77. The fourth-order valence-electron chi connectivity index (χ4n) is 1.01. The highest BCUT2D eigenvalue weighted by molar-refractivity contribution is 5.64. The van der Waals surface area contributed by atoms with E-state index in [-0.39, 0.29) is 0 Å². The second kappa shape index (κ2) is 5.37. The highest BCUT2D eigenvalue weighted by Gasteiger charge is 1.98. The van der Waals surface area contributed by atoms with Crippen LogP contribution in [-0.2, 0) is 0 Å². The molecule has 0 radical (unpaired) electrons. The molecule has 1 unspecified atom stereocenters. The van der Waals surface area contributed by atoms with Crippen molar-refractivity contribution >= 4 is 11.4 Å². The number of hydrogen-bond acceptors (Lipinski definition) is 3. The van der Waals surface area contributed by atoms with Gasteiger partial charge in [-0.3, -0.25) is 0 Å². The Hall–Kier alpha value is -1.38. The van der Waals surface area contributed by atoms with Crippen molar-refractivity contribution < 1.29 is 0 Å². The number of rotatable bonds is 4. The standard InChI is InChI=1S/C11H17N3/c1-4-9(2)13-14-11-8-6-5-7-10(11)12-3/h5-9,12H,4H2,1-3H3. The van der Waals surface area contributed by atoms with Crippen molar-refractivity contribution in [3.8, 4) is 0 Å². The quantitative estimate of drug-likeness (QED) is 0.725. The number of anilines is 1. The largest absolute Gasteiger partial charge is 0.386 e. The van der Waals surface area contributed by atoms with Crippen LogP contribution in [0.1, 0.15) is 20.3 Å². The van der Waals surface area contributed by atoms with Crippen molar-refractivity contribution in [3.63, 3.8) is 0 Å². The monoisotopic (exact) mass is 191 g/mol. The maximum atomic E-state index is 4.21. The fraction of sp³-hybridized carbons (Fsp3) is 0.455. The number of para-hydroxylation sites is 1. The van der Waals surface area contributed by atoms with E-state index in [1.807, 2.05) is 31.3 Å². The molecule has 0 fully saturated rings. The third kappa shape index (κ3) is 2.83. The molecule has 1 aromatic carbocycles. The molecule has 1 aromatic rings. The molecule has 0 aliphatic heterocycles. The van der Waals surface area contributed by atoms with Gasteiger partial charge in [-0.15, -0.1) is 0 Å². The minimum absolute atomic E-state index is 0.292. The maximum absolute atomic E-state index is 4.21. The normalized spacial score (nSPS) is 13.1. The summed E-state index contributed by atoms with van der Waals surface area (Å²) in [5, 5.41) is 11.5. The zero-order valence-electron chi connectivity index (χ0n) is 8.99. The molecule has 1 N–H and O–H groups in total. The minimum Gasteiger partial charge on any atom is -0.386 e. The Labute approximate surface area is 85.3 Å². The summed E-state index contributed by atoms with van der Waals surface area (Å²) in [6.45, 7) is 4.17. The number of nitrogens with zero attached hydrogens (tertiary/aromatic N) is 2. The van der Waals surface area contributed by atoms with E-state index in [4.69, 9.17) is 0 Å². The molecule has 14 heavy (non-hydrogen) atoms. The van der Waals surface area contributed by atoms with Gasteiger partial charge in [-0.1, -0.05) is 19.1 Å². The molecule has 0 bridgehead atoms. The summed E-state index contributed by atoms with van der Waals surface area (Å²) >= 11 is 0. The Balaban J connectivity index is 2.80. The number of hydrogen-bond donors (Lipinski definition) is 1. The maximum Gasteiger partial charge on any atom is 0.108 e. The molecule has 76 valence electrons. The van der Waals surface area contributed by atoms with Crippen molar-refractivity contribution in [2.75, 3.05) is 12.4 Å². The molecule has 3 nitrogen and oxygen atoms in total. The van der Waals surface area contributed by atoms with Crippen molar-refractivity contribution in [1.82, 2.24) is 0 Å². The zero-order chi connectivity index (χ0) is 10.4. The molecular formula is C11H17N3. The van der Waals surface area contributed by atoms with Crippen LogP contribution in [0.2, 0.25) is 0 Å². The molecule has 0 amide bonds. The van der Waals surface area contributed by atoms with Gasteiger partial charge in [0.25, 0.3) is 0 Å². The van der Waals surface area contributed by atoms with Crippen LogP contribution >= 0.6 is 0 Å². The van der Waals surface area contributed by atoms with Crippen LogP contribution in [0.15, 0.2) is 34.5 Å². The first-order valence-corrected chi connectivity index (χ1v) is 4.95. The van der Waals surface area contributed by atoms with Crippen molar-refractivity contribution in [2.45, 2.75) is 26.3 Å². The van der Waals surface area contributed by atoms with Crippen LogP contribution < -0.4 is 5.32 Å². The highest BCUT2D eigenvalue weighted by Crippen LogP contribution is 2.24. The average Bonchev–Trinajstić information content (AvgIpc) is 2.26. The van der Waals surface area contributed by atoms with Gasteiger partial charge in [0, 0.05) is 7.05 Å². The van der Waals surface area contributed by atoms with Gasteiger partial charge >= 0.3 is 0 Å². The molecule has 0 aliphatic rings. The average molecular weight is 191 g/mol. The van der Waals surface area contributed by atoms with Crippen molar-refractivity contribution in [2.24, 2.45) is 10.2 Å². The van der Waals surface area contributed by atoms with Gasteiger partial charge in [-0.2, -0.15) is 10.2 Å². The van der Waals surface area contributed by atoms with E-state index >= 15 is 0 Å². The second-order valence-corrected chi connectivity index (χ2v) is 3.24. The fourth-order valence-corrected chi connectivity index (χ4v) is 1.01. The predicted octanol–water partition coefficient (Wildman–Crippen LogP) is 3.61. The molecule has 0 saturated heterocycles. The minimum atomic E-state index is 0.292. The first-order valence-electron chi connectivity index (χ1n) is 4.95. The Morgan fingerprint density at radius 2 is 2.07 bits per heavy atom. The van der Waals surface area contributed by atoms with E-state index in [1.165, 1.54) is 0 Å². The summed E-state index contributed by atoms with van der Waals surface area (Å²) in [6.07, 6.45) is 1.02. The van der Waals surface area contributed by atoms with Crippen LogP contribution in [-0.4, -0.2) is 13.1 Å². The molecule has 0 aromatic heterocycles. The number of benzene rings is 1. The van der Waals surface area contributed by atoms with Gasteiger partial charge in [0.1, 0.15) is 5.69 Å². The Morgan fingerprint density at radius 3 is 2.71 bits per heavy atom. The summed E-state index contributed by atoms with van der Waals surface area (Å²) in [5.74, 6) is 0. The Bertz CT molecular complexity index is 307. The van der Waals surface area contributed by atoms with Gasteiger partial charge in [0.15, 0.2) is 0 Å². The van der Waals surface area contributed by atoms with Gasteiger partial charge < -0.3 is 5.32 Å². The third-order valence-corrected chi connectivity index (χ3v) is 2.13. The summed E-state index contributed by atoms with van der Waals surface area (Å²) in [7, 11) is 1.89. The first kappa shape index (κ1) is 10.7. The molecule has 3 heteroatoms. The lowest BCUT2D eigenvalue weighted by atomic mass is 10.3. The molecule has 0 spiro atoms. The van der Waals surface area contributed by atoms with E-state index < -0.39 is 0 Å². The van der Waals surface area contributed by atoms with Crippen LogP contribution in [0.5, 0.6) is 0 Å². The Morgan fingerprint density at radius 1 is 1.36 bits per heavy atom.